The van der Waals surface area contributed by atoms with Crippen molar-refractivity contribution in [1.29, 1.82) is 0 Å². The van der Waals surface area contributed by atoms with Gasteiger partial charge in [0.05, 0.1) is 27.3 Å². The minimum atomic E-state index is -4.57. The van der Waals surface area contributed by atoms with E-state index in [9.17, 15) is 31.5 Å². The number of amides is 1. The molecule has 0 fully saturated rings. The van der Waals surface area contributed by atoms with Crippen molar-refractivity contribution < 1.29 is 31.5 Å². The molecule has 0 saturated heterocycles. The number of hydrogen-bond donors (Lipinski definition) is 3. The Morgan fingerprint density at radius 2 is 1.70 bits per heavy atom. The second-order valence-electron chi connectivity index (χ2n) is 6.96. The lowest BCUT2D eigenvalue weighted by atomic mass is 10.1. The predicted octanol–water partition coefficient (Wildman–Crippen LogP) is 4.62. The van der Waals surface area contributed by atoms with Crippen LogP contribution in [0.2, 0.25) is 5.02 Å². The highest BCUT2D eigenvalue weighted by molar-refractivity contribution is 7.92. The quantitative estimate of drug-likeness (QED) is 0.443. The van der Waals surface area contributed by atoms with Crippen molar-refractivity contribution in [3.8, 4) is 0 Å². The molecule has 11 heteroatoms. The third kappa shape index (κ3) is 6.25. The Kier molecular flexibility index (Phi) is 7.31. The summed E-state index contributed by atoms with van der Waals surface area (Å²) in [5.41, 5.74) is -0.800. The molecule has 3 aromatic carbocycles. The number of carbonyl (C=O) groups excluding carboxylic acids is 1. The van der Waals surface area contributed by atoms with Crippen molar-refractivity contribution >= 4 is 33.2 Å². The molecule has 0 aliphatic rings. The Balaban J connectivity index is 1.70. The SMILES string of the molecule is O=C(NCC(O)c1cccc(C(F)(F)F)c1)c1cccc(S(=O)(=O)Nc2ccccc2Cl)c1. The van der Waals surface area contributed by atoms with Crippen molar-refractivity contribution in [1.82, 2.24) is 5.32 Å². The van der Waals surface area contributed by atoms with Crippen LogP contribution in [0.4, 0.5) is 18.9 Å². The van der Waals surface area contributed by atoms with E-state index in [0.717, 1.165) is 24.3 Å². The molecular formula is C22H18ClF3N2O4S. The Morgan fingerprint density at radius 1 is 1.00 bits per heavy atom. The van der Waals surface area contributed by atoms with Crippen LogP contribution in [0.3, 0.4) is 0 Å². The van der Waals surface area contributed by atoms with Gasteiger partial charge in [-0.2, -0.15) is 13.2 Å². The van der Waals surface area contributed by atoms with E-state index in [2.05, 4.69) is 10.0 Å². The molecule has 3 N–H and O–H groups in total. The summed E-state index contributed by atoms with van der Waals surface area (Å²) in [6.45, 7) is -0.380. The number of rotatable bonds is 7. The first-order valence-electron chi connectivity index (χ1n) is 9.48. The second kappa shape index (κ2) is 9.82. The number of hydrogen-bond acceptors (Lipinski definition) is 4. The standard InChI is InChI=1S/C22H18ClF3N2O4S/c23-18-9-1-2-10-19(18)28-33(31,32)17-8-4-6-15(12-17)21(30)27-13-20(29)14-5-3-7-16(11-14)22(24,25)26/h1-12,20,28-29H,13H2,(H,27,30). The van der Waals surface area contributed by atoms with E-state index in [0.29, 0.717) is 0 Å². The largest absolute Gasteiger partial charge is 0.416 e. The number of halogens is 4. The molecule has 3 aromatic rings. The summed E-state index contributed by atoms with van der Waals surface area (Å²) in [7, 11) is -4.06. The molecule has 0 bridgehead atoms. The smallest absolute Gasteiger partial charge is 0.387 e. The maximum absolute atomic E-state index is 12.8. The van der Waals surface area contributed by atoms with Crippen molar-refractivity contribution in [3.05, 3.63) is 94.5 Å². The summed E-state index contributed by atoms with van der Waals surface area (Å²) in [5, 5.41) is 12.8. The summed E-state index contributed by atoms with van der Waals surface area (Å²) < 4.78 is 66.2. The molecule has 0 saturated carbocycles. The highest BCUT2D eigenvalue weighted by Gasteiger charge is 2.31. The topological polar surface area (TPSA) is 95.5 Å². The van der Waals surface area contributed by atoms with Crippen LogP contribution in [-0.4, -0.2) is 26.0 Å². The molecule has 0 aliphatic heterocycles. The van der Waals surface area contributed by atoms with Gasteiger partial charge in [-0.25, -0.2) is 8.42 Å². The maximum atomic E-state index is 12.8. The van der Waals surface area contributed by atoms with Gasteiger partial charge in [0.25, 0.3) is 15.9 Å². The molecule has 3 rings (SSSR count). The lowest BCUT2D eigenvalue weighted by Gasteiger charge is -2.15. The molecule has 0 radical (unpaired) electrons. The van der Waals surface area contributed by atoms with E-state index in [1.807, 2.05) is 0 Å². The van der Waals surface area contributed by atoms with E-state index in [1.54, 1.807) is 12.1 Å². The molecule has 1 atom stereocenters. The van der Waals surface area contributed by atoms with Gasteiger partial charge in [-0.05, 0) is 48.0 Å². The van der Waals surface area contributed by atoms with E-state index >= 15 is 0 Å². The highest BCUT2D eigenvalue weighted by atomic mass is 35.5. The number of benzene rings is 3. The molecular weight excluding hydrogens is 481 g/mol. The highest BCUT2D eigenvalue weighted by Crippen LogP contribution is 2.30. The summed E-state index contributed by atoms with van der Waals surface area (Å²) in [4.78, 5) is 12.3. The zero-order valence-corrected chi connectivity index (χ0v) is 18.4. The van der Waals surface area contributed by atoms with Crippen LogP contribution < -0.4 is 10.0 Å². The van der Waals surface area contributed by atoms with Gasteiger partial charge in [0, 0.05) is 12.1 Å². The number of para-hydroxylation sites is 1. The monoisotopic (exact) mass is 498 g/mol. The molecule has 0 aromatic heterocycles. The third-order valence-electron chi connectivity index (χ3n) is 4.58. The van der Waals surface area contributed by atoms with Crippen molar-refractivity contribution in [2.75, 3.05) is 11.3 Å². The summed E-state index contributed by atoms with van der Waals surface area (Å²) in [5.74, 6) is -0.712. The number of alkyl halides is 3. The van der Waals surface area contributed by atoms with Crippen molar-refractivity contribution in [2.24, 2.45) is 0 Å². The normalized spacial score (nSPS) is 12.8. The van der Waals surface area contributed by atoms with Crippen LogP contribution >= 0.6 is 11.6 Å². The number of carbonyl (C=O) groups is 1. The minimum Gasteiger partial charge on any atom is -0.387 e. The Labute approximate surface area is 193 Å². The number of sulfonamides is 1. The fraction of sp³-hybridized carbons (Fsp3) is 0.136. The number of aliphatic hydroxyl groups excluding tert-OH is 1. The lowest BCUT2D eigenvalue weighted by Crippen LogP contribution is -2.28. The second-order valence-corrected chi connectivity index (χ2v) is 9.05. The van der Waals surface area contributed by atoms with Gasteiger partial charge in [-0.1, -0.05) is 41.9 Å². The molecule has 1 amide bonds. The predicted molar refractivity (Wildman–Crippen MR) is 117 cm³/mol. The average molecular weight is 499 g/mol. The lowest BCUT2D eigenvalue weighted by molar-refractivity contribution is -0.137. The van der Waals surface area contributed by atoms with Crippen LogP contribution in [0.5, 0.6) is 0 Å². The average Bonchev–Trinajstić information content (AvgIpc) is 2.78. The zero-order valence-electron chi connectivity index (χ0n) is 16.8. The van der Waals surface area contributed by atoms with Crippen molar-refractivity contribution in [3.63, 3.8) is 0 Å². The fourth-order valence-electron chi connectivity index (χ4n) is 2.88. The van der Waals surface area contributed by atoms with Crippen LogP contribution in [0.1, 0.15) is 27.6 Å². The van der Waals surface area contributed by atoms with Crippen LogP contribution in [0, 0.1) is 0 Å². The van der Waals surface area contributed by atoms with Crippen LogP contribution in [0.25, 0.3) is 0 Å². The molecule has 0 aliphatic carbocycles. The first-order chi connectivity index (χ1) is 15.5. The van der Waals surface area contributed by atoms with E-state index in [4.69, 9.17) is 11.6 Å². The molecule has 6 nitrogen and oxygen atoms in total. The Morgan fingerprint density at radius 3 is 2.39 bits per heavy atom. The van der Waals surface area contributed by atoms with E-state index in [1.165, 1.54) is 36.4 Å². The third-order valence-corrected chi connectivity index (χ3v) is 6.27. The van der Waals surface area contributed by atoms with Gasteiger partial charge in [-0.3, -0.25) is 9.52 Å². The van der Waals surface area contributed by atoms with Crippen molar-refractivity contribution in [2.45, 2.75) is 17.2 Å². The van der Waals surface area contributed by atoms with Gasteiger partial charge in [0.1, 0.15) is 0 Å². The summed E-state index contributed by atoms with van der Waals surface area (Å²) >= 11 is 5.98. The molecule has 1 unspecified atom stereocenters. The molecule has 174 valence electrons. The van der Waals surface area contributed by atoms with Gasteiger partial charge < -0.3 is 10.4 Å². The molecule has 33 heavy (non-hydrogen) atoms. The fourth-order valence-corrected chi connectivity index (χ4v) is 4.25. The summed E-state index contributed by atoms with van der Waals surface area (Å²) in [6, 6.07) is 15.5. The van der Waals surface area contributed by atoms with Gasteiger partial charge in [-0.15, -0.1) is 0 Å². The summed E-state index contributed by atoms with van der Waals surface area (Å²) in [6.07, 6.45) is -5.96. The Hall–Kier alpha value is -3.08. The minimum absolute atomic E-state index is 0.0201. The number of nitrogens with one attached hydrogen (secondary N) is 2. The van der Waals surface area contributed by atoms with Gasteiger partial charge in [0.15, 0.2) is 0 Å². The first-order valence-corrected chi connectivity index (χ1v) is 11.3. The number of aliphatic hydroxyl groups is 1. The first kappa shape index (κ1) is 24.6. The van der Waals surface area contributed by atoms with Gasteiger partial charge in [0.2, 0.25) is 0 Å². The molecule has 0 heterocycles. The maximum Gasteiger partial charge on any atom is 0.416 e. The Bertz CT molecular complexity index is 1270. The zero-order chi connectivity index (χ0) is 24.2. The molecule has 0 spiro atoms. The van der Waals surface area contributed by atoms with E-state index < -0.39 is 33.8 Å². The number of anilines is 1. The van der Waals surface area contributed by atoms with Gasteiger partial charge >= 0.3 is 6.18 Å². The van der Waals surface area contributed by atoms with Crippen LogP contribution in [-0.2, 0) is 16.2 Å². The van der Waals surface area contributed by atoms with E-state index in [-0.39, 0.29) is 33.3 Å². The van der Waals surface area contributed by atoms with Crippen LogP contribution in [0.15, 0.2) is 77.7 Å².